The molecule has 2 rings (SSSR count). The van der Waals surface area contributed by atoms with E-state index in [1.54, 1.807) is 25.1 Å². The summed E-state index contributed by atoms with van der Waals surface area (Å²) in [4.78, 5) is 11.7. The third-order valence-corrected chi connectivity index (χ3v) is 3.08. The van der Waals surface area contributed by atoms with E-state index in [0.29, 0.717) is 22.9 Å². The summed E-state index contributed by atoms with van der Waals surface area (Å²) in [6.45, 7) is 3.88. The molecule has 0 saturated carbocycles. The van der Waals surface area contributed by atoms with E-state index in [2.05, 4.69) is 5.32 Å². The number of hydrogen-bond acceptors (Lipinski definition) is 4. The van der Waals surface area contributed by atoms with Gasteiger partial charge in [-0.1, -0.05) is 11.6 Å². The van der Waals surface area contributed by atoms with Crippen molar-refractivity contribution in [2.45, 2.75) is 19.4 Å². The summed E-state index contributed by atoms with van der Waals surface area (Å²) in [5.41, 5.74) is 0.349. The number of ether oxygens (including phenoxy) is 2. The highest BCUT2D eigenvalue weighted by atomic mass is 35.5. The molecule has 0 aliphatic carbocycles. The summed E-state index contributed by atoms with van der Waals surface area (Å²) >= 11 is 5.97. The van der Waals surface area contributed by atoms with Crippen LogP contribution >= 0.6 is 11.6 Å². The van der Waals surface area contributed by atoms with Gasteiger partial charge in [0.25, 0.3) is 0 Å². The topological polar surface area (TPSA) is 47.6 Å². The van der Waals surface area contributed by atoms with Crippen molar-refractivity contribution in [1.82, 2.24) is 5.32 Å². The smallest absolute Gasteiger partial charge is 0.339 e. The Kier molecular flexibility index (Phi) is 4.44. The van der Waals surface area contributed by atoms with Gasteiger partial charge in [-0.05, 0) is 38.1 Å². The van der Waals surface area contributed by atoms with Gasteiger partial charge in [-0.15, -0.1) is 0 Å². The largest absolute Gasteiger partial charge is 0.489 e. The number of rotatable bonds is 4. The normalized spacial score (nSPS) is 18.7. The summed E-state index contributed by atoms with van der Waals surface area (Å²) in [7, 11) is 0. The van der Waals surface area contributed by atoms with E-state index in [4.69, 9.17) is 21.1 Å². The van der Waals surface area contributed by atoms with Crippen LogP contribution in [0.25, 0.3) is 0 Å². The Bertz CT molecular complexity index is 430. The monoisotopic (exact) mass is 269 g/mol. The van der Waals surface area contributed by atoms with E-state index in [1.165, 1.54) is 0 Å². The Morgan fingerprint density at radius 3 is 3.06 bits per heavy atom. The molecule has 1 heterocycles. The number of carbonyl (C=O) groups is 1. The number of halogens is 1. The maximum Gasteiger partial charge on any atom is 0.339 e. The van der Waals surface area contributed by atoms with Crippen LogP contribution in [0.2, 0.25) is 5.02 Å². The summed E-state index contributed by atoms with van der Waals surface area (Å²) in [5.74, 6) is 0.230. The molecular formula is C13H16ClNO3. The van der Waals surface area contributed by atoms with Crippen molar-refractivity contribution in [3.05, 3.63) is 28.8 Å². The fourth-order valence-corrected chi connectivity index (χ4v) is 2.06. The van der Waals surface area contributed by atoms with Crippen molar-refractivity contribution in [3.8, 4) is 5.75 Å². The number of carbonyl (C=O) groups excluding carboxylic acids is 1. The quantitative estimate of drug-likeness (QED) is 0.852. The zero-order valence-electron chi connectivity index (χ0n) is 10.2. The maximum absolute atomic E-state index is 11.7. The third kappa shape index (κ3) is 3.15. The van der Waals surface area contributed by atoms with Crippen LogP contribution in [0.4, 0.5) is 0 Å². The summed E-state index contributed by atoms with van der Waals surface area (Å²) in [5, 5.41) is 3.60. The number of esters is 1. The average molecular weight is 270 g/mol. The van der Waals surface area contributed by atoms with Crippen LogP contribution in [0.15, 0.2) is 18.2 Å². The van der Waals surface area contributed by atoms with Gasteiger partial charge in [0, 0.05) is 6.54 Å². The molecule has 0 aromatic heterocycles. The molecule has 0 radical (unpaired) electrons. The average Bonchev–Trinajstić information content (AvgIpc) is 2.84. The molecule has 1 aliphatic rings. The second-order valence-electron chi connectivity index (χ2n) is 4.09. The van der Waals surface area contributed by atoms with E-state index in [0.717, 1.165) is 19.5 Å². The van der Waals surface area contributed by atoms with Crippen LogP contribution in [-0.4, -0.2) is 31.8 Å². The van der Waals surface area contributed by atoms with Crippen LogP contribution in [0.5, 0.6) is 5.75 Å². The molecule has 98 valence electrons. The van der Waals surface area contributed by atoms with Crippen LogP contribution in [-0.2, 0) is 4.74 Å². The van der Waals surface area contributed by atoms with E-state index < -0.39 is 5.97 Å². The first-order valence-corrected chi connectivity index (χ1v) is 6.42. The molecule has 5 heteroatoms. The fourth-order valence-electron chi connectivity index (χ4n) is 1.86. The Morgan fingerprint density at radius 1 is 1.56 bits per heavy atom. The first kappa shape index (κ1) is 13.2. The SMILES string of the molecule is CCOC(=O)c1cc(OC2CCNC2)ccc1Cl. The molecule has 1 aliphatic heterocycles. The summed E-state index contributed by atoms with van der Waals surface area (Å²) < 4.78 is 10.7. The predicted molar refractivity (Wildman–Crippen MR) is 69.3 cm³/mol. The van der Waals surface area contributed by atoms with E-state index >= 15 is 0 Å². The van der Waals surface area contributed by atoms with Gasteiger partial charge in [-0.2, -0.15) is 0 Å². The summed E-state index contributed by atoms with van der Waals surface area (Å²) in [6, 6.07) is 5.06. The van der Waals surface area contributed by atoms with Gasteiger partial charge in [0.15, 0.2) is 0 Å². The molecule has 0 bridgehead atoms. The number of benzene rings is 1. The van der Waals surface area contributed by atoms with Crippen molar-refractivity contribution in [1.29, 1.82) is 0 Å². The maximum atomic E-state index is 11.7. The Balaban J connectivity index is 2.12. The second-order valence-corrected chi connectivity index (χ2v) is 4.50. The van der Waals surface area contributed by atoms with Crippen LogP contribution in [0, 0.1) is 0 Å². The molecule has 1 saturated heterocycles. The standard InChI is InChI=1S/C13H16ClNO3/c1-2-17-13(16)11-7-9(3-4-12(11)14)18-10-5-6-15-8-10/h3-4,7,10,15H,2,5-6,8H2,1H3. The van der Waals surface area contributed by atoms with Gasteiger partial charge in [-0.25, -0.2) is 4.79 Å². The van der Waals surface area contributed by atoms with Crippen LogP contribution in [0.3, 0.4) is 0 Å². The molecule has 4 nitrogen and oxygen atoms in total. The van der Waals surface area contributed by atoms with Gasteiger partial charge < -0.3 is 14.8 Å². The Labute approximate surface area is 111 Å². The minimum absolute atomic E-state index is 0.154. The molecule has 1 aromatic rings. The fraction of sp³-hybridized carbons (Fsp3) is 0.462. The van der Waals surface area contributed by atoms with Gasteiger partial charge in [-0.3, -0.25) is 0 Å². The van der Waals surface area contributed by atoms with Crippen molar-refractivity contribution in [2.75, 3.05) is 19.7 Å². The second kappa shape index (κ2) is 6.07. The lowest BCUT2D eigenvalue weighted by Crippen LogP contribution is -2.19. The van der Waals surface area contributed by atoms with Crippen LogP contribution < -0.4 is 10.1 Å². The first-order valence-electron chi connectivity index (χ1n) is 6.04. The van der Waals surface area contributed by atoms with Crippen molar-refractivity contribution < 1.29 is 14.3 Å². The van der Waals surface area contributed by atoms with Crippen molar-refractivity contribution in [3.63, 3.8) is 0 Å². The molecule has 1 fully saturated rings. The first-order chi connectivity index (χ1) is 8.70. The zero-order valence-corrected chi connectivity index (χ0v) is 11.0. The van der Waals surface area contributed by atoms with E-state index in [-0.39, 0.29) is 6.10 Å². The predicted octanol–water partition coefficient (Wildman–Crippen LogP) is 2.26. The highest BCUT2D eigenvalue weighted by Crippen LogP contribution is 2.24. The number of hydrogen-bond donors (Lipinski definition) is 1. The molecule has 0 spiro atoms. The molecule has 1 unspecified atom stereocenters. The minimum atomic E-state index is -0.419. The highest BCUT2D eigenvalue weighted by Gasteiger charge is 2.18. The van der Waals surface area contributed by atoms with Gasteiger partial charge >= 0.3 is 5.97 Å². The van der Waals surface area contributed by atoms with Gasteiger partial charge in [0.1, 0.15) is 11.9 Å². The summed E-state index contributed by atoms with van der Waals surface area (Å²) in [6.07, 6.45) is 1.12. The van der Waals surface area contributed by atoms with Gasteiger partial charge in [0.2, 0.25) is 0 Å². The molecule has 1 atom stereocenters. The lowest BCUT2D eigenvalue weighted by atomic mass is 10.2. The lowest BCUT2D eigenvalue weighted by Gasteiger charge is -2.13. The zero-order chi connectivity index (χ0) is 13.0. The highest BCUT2D eigenvalue weighted by molar-refractivity contribution is 6.33. The molecule has 0 amide bonds. The third-order valence-electron chi connectivity index (χ3n) is 2.75. The molecular weight excluding hydrogens is 254 g/mol. The van der Waals surface area contributed by atoms with Crippen molar-refractivity contribution in [2.24, 2.45) is 0 Å². The van der Waals surface area contributed by atoms with Crippen LogP contribution in [0.1, 0.15) is 23.7 Å². The van der Waals surface area contributed by atoms with E-state index in [9.17, 15) is 4.79 Å². The van der Waals surface area contributed by atoms with Crippen molar-refractivity contribution >= 4 is 17.6 Å². The molecule has 1 N–H and O–H groups in total. The molecule has 1 aromatic carbocycles. The number of nitrogens with one attached hydrogen (secondary N) is 1. The van der Waals surface area contributed by atoms with Gasteiger partial charge in [0.05, 0.1) is 17.2 Å². The lowest BCUT2D eigenvalue weighted by molar-refractivity contribution is 0.0526. The Morgan fingerprint density at radius 2 is 2.39 bits per heavy atom. The Hall–Kier alpha value is -1.26. The van der Waals surface area contributed by atoms with E-state index in [1.807, 2.05) is 0 Å². The molecule has 18 heavy (non-hydrogen) atoms. The minimum Gasteiger partial charge on any atom is -0.489 e.